The third-order valence-corrected chi connectivity index (χ3v) is 6.86. The van der Waals surface area contributed by atoms with Crippen LogP contribution in [0.25, 0.3) is 0 Å². The quantitative estimate of drug-likeness (QED) is 0.629. The van der Waals surface area contributed by atoms with Gasteiger partial charge < -0.3 is 15.8 Å². The summed E-state index contributed by atoms with van der Waals surface area (Å²) in [5.41, 5.74) is 6.46. The molecule has 1 saturated carbocycles. The predicted octanol–water partition coefficient (Wildman–Crippen LogP) is 4.36. The first-order valence-electron chi connectivity index (χ1n) is 12.1. The number of para-hydroxylation sites is 1. The summed E-state index contributed by atoms with van der Waals surface area (Å²) in [5, 5.41) is 12.9. The van der Waals surface area contributed by atoms with E-state index in [0.29, 0.717) is 31.8 Å². The molecule has 174 valence electrons. The molecule has 1 aliphatic carbocycles. The summed E-state index contributed by atoms with van der Waals surface area (Å²) in [5.74, 6) is 1.92. The molecule has 2 aromatic carbocycles. The zero-order valence-electron chi connectivity index (χ0n) is 19.2. The number of nitrogens with two attached hydrogens (primary N) is 1. The molecule has 2 unspecified atom stereocenters. The molecular formula is C27H34N4O2. The van der Waals surface area contributed by atoms with Crippen LogP contribution in [-0.2, 0) is 11.3 Å². The lowest BCUT2D eigenvalue weighted by Crippen LogP contribution is -2.54. The monoisotopic (exact) mass is 446 g/mol. The number of benzene rings is 2. The van der Waals surface area contributed by atoms with Crippen molar-refractivity contribution in [2.24, 2.45) is 11.7 Å². The number of nitrogens with zero attached hydrogens (tertiary/aromatic N) is 2. The Kier molecular flexibility index (Phi) is 7.64. The summed E-state index contributed by atoms with van der Waals surface area (Å²) >= 11 is 0. The molecule has 0 radical (unpaired) electrons. The zero-order valence-corrected chi connectivity index (χ0v) is 19.2. The van der Waals surface area contributed by atoms with Crippen molar-refractivity contribution in [2.45, 2.75) is 63.1 Å². The van der Waals surface area contributed by atoms with Gasteiger partial charge in [0.1, 0.15) is 17.0 Å². The Morgan fingerprint density at radius 3 is 2.67 bits per heavy atom. The molecule has 0 spiro atoms. The number of nitriles is 1. The average Bonchev–Trinajstić information content (AvgIpc) is 3.23. The van der Waals surface area contributed by atoms with Gasteiger partial charge in [0.25, 0.3) is 0 Å². The molecule has 2 atom stereocenters. The highest BCUT2D eigenvalue weighted by Crippen LogP contribution is 2.28. The molecule has 4 rings (SSSR count). The number of likely N-dealkylation sites (tertiary alicyclic amines) is 1. The second-order valence-electron chi connectivity index (χ2n) is 9.55. The summed E-state index contributed by atoms with van der Waals surface area (Å²) in [7, 11) is 0. The predicted molar refractivity (Wildman–Crippen MR) is 129 cm³/mol. The molecule has 1 amide bonds. The van der Waals surface area contributed by atoms with Crippen LogP contribution in [0.5, 0.6) is 11.5 Å². The Hall–Kier alpha value is -2.88. The van der Waals surface area contributed by atoms with Crippen LogP contribution in [0, 0.1) is 17.2 Å². The molecule has 1 saturated heterocycles. The molecular weight excluding hydrogens is 412 g/mol. The fourth-order valence-corrected chi connectivity index (χ4v) is 5.05. The largest absolute Gasteiger partial charge is 0.457 e. The summed E-state index contributed by atoms with van der Waals surface area (Å²) in [4.78, 5) is 15.0. The van der Waals surface area contributed by atoms with Gasteiger partial charge in [0.05, 0.1) is 12.1 Å². The van der Waals surface area contributed by atoms with Gasteiger partial charge in [-0.25, -0.2) is 0 Å². The minimum absolute atomic E-state index is 0.192. The van der Waals surface area contributed by atoms with Gasteiger partial charge in [0, 0.05) is 19.6 Å². The van der Waals surface area contributed by atoms with E-state index in [4.69, 9.17) is 10.5 Å². The van der Waals surface area contributed by atoms with Crippen molar-refractivity contribution in [3.05, 3.63) is 60.2 Å². The molecule has 33 heavy (non-hydrogen) atoms. The number of hydrogen-bond acceptors (Lipinski definition) is 5. The third kappa shape index (κ3) is 6.34. The lowest BCUT2D eigenvalue weighted by Gasteiger charge is -2.28. The van der Waals surface area contributed by atoms with E-state index in [2.05, 4.69) is 22.4 Å². The number of nitrogens with one attached hydrogen (secondary N) is 1. The highest BCUT2D eigenvalue weighted by Gasteiger charge is 2.40. The number of carbonyl (C=O) groups excluding carboxylic acids is 1. The molecule has 0 aromatic heterocycles. The minimum Gasteiger partial charge on any atom is -0.457 e. The normalized spacial score (nSPS) is 22.4. The maximum absolute atomic E-state index is 12.8. The van der Waals surface area contributed by atoms with E-state index in [1.54, 1.807) is 0 Å². The van der Waals surface area contributed by atoms with Crippen LogP contribution in [0.3, 0.4) is 0 Å². The second-order valence-corrected chi connectivity index (χ2v) is 9.55. The van der Waals surface area contributed by atoms with Gasteiger partial charge in [-0.3, -0.25) is 9.69 Å². The Morgan fingerprint density at radius 1 is 1.15 bits per heavy atom. The molecule has 2 aliphatic rings. The maximum Gasteiger partial charge on any atom is 0.238 e. The van der Waals surface area contributed by atoms with E-state index >= 15 is 0 Å². The molecule has 2 aromatic rings. The minimum atomic E-state index is -0.876. The summed E-state index contributed by atoms with van der Waals surface area (Å²) in [6, 6.07) is 19.5. The highest BCUT2D eigenvalue weighted by atomic mass is 16.5. The van der Waals surface area contributed by atoms with Gasteiger partial charge in [0.2, 0.25) is 5.91 Å². The van der Waals surface area contributed by atoms with Gasteiger partial charge in [-0.05, 0) is 48.6 Å². The van der Waals surface area contributed by atoms with E-state index in [1.165, 1.54) is 19.3 Å². The molecule has 1 aliphatic heterocycles. The van der Waals surface area contributed by atoms with Gasteiger partial charge in [0.15, 0.2) is 0 Å². The van der Waals surface area contributed by atoms with E-state index in [-0.39, 0.29) is 5.91 Å². The van der Waals surface area contributed by atoms with Crippen molar-refractivity contribution < 1.29 is 9.53 Å². The molecule has 1 heterocycles. The van der Waals surface area contributed by atoms with Crippen LogP contribution in [0.4, 0.5) is 0 Å². The number of amides is 1. The van der Waals surface area contributed by atoms with E-state index in [9.17, 15) is 10.1 Å². The number of ether oxygens (including phenoxy) is 1. The van der Waals surface area contributed by atoms with Crippen LogP contribution in [0.1, 0.15) is 50.5 Å². The first-order valence-corrected chi connectivity index (χ1v) is 12.1. The van der Waals surface area contributed by atoms with Crippen molar-refractivity contribution in [3.63, 3.8) is 0 Å². The van der Waals surface area contributed by atoms with Crippen molar-refractivity contribution in [2.75, 3.05) is 13.1 Å². The SMILES string of the molecule is N#CC1(NC(=O)C(N)CC2CCCCC2)CCN(Cc2cccc(Oc3ccccc3)c2)C1. The summed E-state index contributed by atoms with van der Waals surface area (Å²) in [6.45, 7) is 1.93. The fraction of sp³-hybridized carbons (Fsp3) is 0.481. The number of carbonyl (C=O) groups is 1. The van der Waals surface area contributed by atoms with Crippen LogP contribution in [0.2, 0.25) is 0 Å². The third-order valence-electron chi connectivity index (χ3n) is 6.86. The van der Waals surface area contributed by atoms with Crippen LogP contribution in [-0.4, -0.2) is 35.5 Å². The Labute approximate surface area is 196 Å². The topological polar surface area (TPSA) is 91.4 Å². The highest BCUT2D eigenvalue weighted by molar-refractivity contribution is 5.82. The first kappa shape index (κ1) is 23.3. The van der Waals surface area contributed by atoms with Crippen LogP contribution >= 0.6 is 0 Å². The van der Waals surface area contributed by atoms with Crippen molar-refractivity contribution in [3.8, 4) is 17.6 Å². The van der Waals surface area contributed by atoms with Crippen molar-refractivity contribution >= 4 is 5.91 Å². The second kappa shape index (κ2) is 10.8. The Balaban J connectivity index is 1.32. The molecule has 6 heteroatoms. The maximum atomic E-state index is 12.8. The van der Waals surface area contributed by atoms with Gasteiger partial charge in [-0.2, -0.15) is 5.26 Å². The van der Waals surface area contributed by atoms with Gasteiger partial charge in [-0.1, -0.05) is 62.4 Å². The average molecular weight is 447 g/mol. The van der Waals surface area contributed by atoms with Gasteiger partial charge >= 0.3 is 0 Å². The van der Waals surface area contributed by atoms with Gasteiger partial charge in [-0.15, -0.1) is 0 Å². The van der Waals surface area contributed by atoms with E-state index < -0.39 is 11.6 Å². The van der Waals surface area contributed by atoms with Crippen LogP contribution < -0.4 is 15.8 Å². The molecule has 2 fully saturated rings. The fourth-order valence-electron chi connectivity index (χ4n) is 5.05. The summed E-state index contributed by atoms with van der Waals surface area (Å²) < 4.78 is 5.95. The summed E-state index contributed by atoms with van der Waals surface area (Å²) in [6.07, 6.45) is 7.38. The zero-order chi connectivity index (χ0) is 23.1. The lowest BCUT2D eigenvalue weighted by molar-refractivity contribution is -0.124. The molecule has 6 nitrogen and oxygen atoms in total. The molecule has 0 bridgehead atoms. The lowest BCUT2D eigenvalue weighted by atomic mass is 9.84. The Bertz CT molecular complexity index is 968. The van der Waals surface area contributed by atoms with Crippen molar-refractivity contribution in [1.29, 1.82) is 5.26 Å². The Morgan fingerprint density at radius 2 is 1.91 bits per heavy atom. The molecule has 3 N–H and O–H groups in total. The van der Waals surface area contributed by atoms with E-state index in [1.807, 2.05) is 48.5 Å². The standard InChI is InChI=1S/C27H34N4O2/c28-19-27(30-26(32)25(29)17-21-8-3-1-4-9-21)14-15-31(20-27)18-22-10-7-13-24(16-22)33-23-11-5-2-6-12-23/h2,5-7,10-13,16,21,25H,1,3-4,8-9,14-15,17-18,20,29H2,(H,30,32). The number of hydrogen-bond donors (Lipinski definition) is 2. The first-order chi connectivity index (χ1) is 16.0. The van der Waals surface area contributed by atoms with E-state index in [0.717, 1.165) is 36.4 Å². The van der Waals surface area contributed by atoms with Crippen molar-refractivity contribution in [1.82, 2.24) is 10.2 Å². The smallest absolute Gasteiger partial charge is 0.238 e. The van der Waals surface area contributed by atoms with Crippen LogP contribution in [0.15, 0.2) is 54.6 Å². The number of rotatable bonds is 8.